The fourth-order valence-corrected chi connectivity index (χ4v) is 4.58. The number of thioether (sulfide) groups is 1. The molecule has 0 radical (unpaired) electrons. The second kappa shape index (κ2) is 12.1. The predicted molar refractivity (Wildman–Crippen MR) is 143 cm³/mol. The van der Waals surface area contributed by atoms with E-state index < -0.39 is 5.91 Å². The second-order valence-corrected chi connectivity index (χ2v) is 9.46. The highest BCUT2D eigenvalue weighted by molar-refractivity contribution is 8.00. The van der Waals surface area contributed by atoms with E-state index in [1.54, 1.807) is 54.6 Å². The van der Waals surface area contributed by atoms with Gasteiger partial charge in [-0.25, -0.2) is 4.39 Å². The van der Waals surface area contributed by atoms with Crippen LogP contribution in [0.25, 0.3) is 6.08 Å². The van der Waals surface area contributed by atoms with Gasteiger partial charge in [0.05, 0.1) is 5.75 Å². The summed E-state index contributed by atoms with van der Waals surface area (Å²) in [6.45, 7) is 0. The van der Waals surface area contributed by atoms with E-state index in [4.69, 9.17) is 0 Å². The number of hydrogen-bond acceptors (Lipinski definition) is 5. The van der Waals surface area contributed by atoms with Crippen molar-refractivity contribution in [3.63, 3.8) is 0 Å². The van der Waals surface area contributed by atoms with E-state index in [0.29, 0.717) is 16.8 Å². The fourth-order valence-electron chi connectivity index (χ4n) is 3.17. The number of carbonyl (C=O) groups excluding carboxylic acids is 3. The van der Waals surface area contributed by atoms with Gasteiger partial charge in [0.25, 0.3) is 11.8 Å². The lowest BCUT2D eigenvalue weighted by Gasteiger charge is -2.11. The van der Waals surface area contributed by atoms with E-state index in [9.17, 15) is 18.8 Å². The summed E-state index contributed by atoms with van der Waals surface area (Å²) in [6, 6.07) is 23.0. The average molecular weight is 517 g/mol. The Labute approximate surface area is 216 Å². The molecule has 8 heteroatoms. The standard InChI is InChI=1S/C28H21FN2O3S2/c29-22-8-6-20(7-9-22)26(32)18-36-24-12-10-23(11-13-24)30-28(34)25(16-19-14-15-35-17-19)31-27(33)21-4-2-1-3-5-21/h1-17H,18H2,(H,30,34)(H,31,33)/b25-16-. The van der Waals surface area contributed by atoms with Crippen LogP contribution in [0.5, 0.6) is 0 Å². The summed E-state index contributed by atoms with van der Waals surface area (Å²) >= 11 is 2.83. The molecule has 2 amide bonds. The molecule has 0 atom stereocenters. The number of thiophene rings is 1. The summed E-state index contributed by atoms with van der Waals surface area (Å²) in [4.78, 5) is 38.8. The van der Waals surface area contributed by atoms with Gasteiger partial charge in [-0.3, -0.25) is 14.4 Å². The van der Waals surface area contributed by atoms with Gasteiger partial charge in [0.2, 0.25) is 0 Å². The molecule has 4 aromatic rings. The first-order valence-electron chi connectivity index (χ1n) is 10.9. The molecule has 0 aliphatic heterocycles. The monoisotopic (exact) mass is 516 g/mol. The first kappa shape index (κ1) is 25.1. The van der Waals surface area contributed by atoms with E-state index in [0.717, 1.165) is 10.5 Å². The Balaban J connectivity index is 1.40. The van der Waals surface area contributed by atoms with Crippen LogP contribution in [0.4, 0.5) is 10.1 Å². The summed E-state index contributed by atoms with van der Waals surface area (Å²) < 4.78 is 13.0. The highest BCUT2D eigenvalue weighted by Gasteiger charge is 2.15. The van der Waals surface area contributed by atoms with Crippen molar-refractivity contribution in [3.05, 3.63) is 124 Å². The number of ketones is 1. The number of hydrogen-bond donors (Lipinski definition) is 2. The Morgan fingerprint density at radius 1 is 0.861 bits per heavy atom. The van der Waals surface area contributed by atoms with E-state index in [2.05, 4.69) is 10.6 Å². The number of carbonyl (C=O) groups is 3. The topological polar surface area (TPSA) is 75.3 Å². The molecule has 3 aromatic carbocycles. The molecule has 0 aliphatic carbocycles. The summed E-state index contributed by atoms with van der Waals surface area (Å²) in [5, 5.41) is 9.27. The lowest BCUT2D eigenvalue weighted by Crippen LogP contribution is -2.30. The molecule has 4 rings (SSSR count). The van der Waals surface area contributed by atoms with Crippen LogP contribution in [-0.4, -0.2) is 23.4 Å². The molecular formula is C28H21FN2O3S2. The minimum Gasteiger partial charge on any atom is -0.321 e. The number of Topliss-reactive ketones (excluding diaryl/α,β-unsaturated/α-hetero) is 1. The van der Waals surface area contributed by atoms with Gasteiger partial charge in [0, 0.05) is 21.7 Å². The van der Waals surface area contributed by atoms with E-state index in [1.807, 2.05) is 22.9 Å². The average Bonchev–Trinajstić information content (AvgIpc) is 3.42. The van der Waals surface area contributed by atoms with Gasteiger partial charge in [-0.05, 0) is 89.1 Å². The number of rotatable bonds is 9. The molecule has 2 N–H and O–H groups in total. The zero-order valence-corrected chi connectivity index (χ0v) is 20.6. The van der Waals surface area contributed by atoms with Crippen molar-refractivity contribution in [2.24, 2.45) is 0 Å². The van der Waals surface area contributed by atoms with Crippen molar-refractivity contribution < 1.29 is 18.8 Å². The maximum absolute atomic E-state index is 13.0. The number of halogens is 1. The molecule has 0 aliphatic rings. The minimum absolute atomic E-state index is 0.102. The molecule has 0 fully saturated rings. The second-order valence-electron chi connectivity index (χ2n) is 7.63. The molecule has 1 aromatic heterocycles. The molecule has 0 saturated heterocycles. The zero-order valence-electron chi connectivity index (χ0n) is 18.9. The normalized spacial score (nSPS) is 11.1. The summed E-state index contributed by atoms with van der Waals surface area (Å²) in [7, 11) is 0. The summed E-state index contributed by atoms with van der Waals surface area (Å²) in [6.07, 6.45) is 1.62. The lowest BCUT2D eigenvalue weighted by molar-refractivity contribution is -0.113. The molecule has 0 unspecified atom stereocenters. The zero-order chi connectivity index (χ0) is 25.3. The van der Waals surface area contributed by atoms with Gasteiger partial charge in [-0.15, -0.1) is 11.8 Å². The number of benzene rings is 3. The molecule has 36 heavy (non-hydrogen) atoms. The quantitative estimate of drug-likeness (QED) is 0.156. The predicted octanol–water partition coefficient (Wildman–Crippen LogP) is 6.27. The lowest BCUT2D eigenvalue weighted by atomic mass is 10.1. The van der Waals surface area contributed by atoms with Gasteiger partial charge < -0.3 is 10.6 Å². The maximum Gasteiger partial charge on any atom is 0.272 e. The van der Waals surface area contributed by atoms with Crippen molar-refractivity contribution in [3.8, 4) is 0 Å². The smallest absolute Gasteiger partial charge is 0.272 e. The molecule has 0 saturated carbocycles. The molecule has 0 bridgehead atoms. The van der Waals surface area contributed by atoms with Crippen LogP contribution in [0, 0.1) is 5.82 Å². The van der Waals surface area contributed by atoms with Crippen LogP contribution in [0.15, 0.2) is 106 Å². The van der Waals surface area contributed by atoms with Crippen molar-refractivity contribution in [1.29, 1.82) is 0 Å². The molecule has 1 heterocycles. The Morgan fingerprint density at radius 2 is 1.58 bits per heavy atom. The van der Waals surface area contributed by atoms with E-state index >= 15 is 0 Å². The maximum atomic E-state index is 13.0. The number of anilines is 1. The van der Waals surface area contributed by atoms with E-state index in [-0.39, 0.29) is 29.0 Å². The van der Waals surface area contributed by atoms with Gasteiger partial charge in [0.1, 0.15) is 11.5 Å². The van der Waals surface area contributed by atoms with Crippen molar-refractivity contribution in [2.75, 3.05) is 11.1 Å². The van der Waals surface area contributed by atoms with Crippen LogP contribution in [-0.2, 0) is 4.79 Å². The van der Waals surface area contributed by atoms with E-state index in [1.165, 1.54) is 47.4 Å². The molecule has 5 nitrogen and oxygen atoms in total. The SMILES string of the molecule is O=C(Nc1ccc(SCC(=O)c2ccc(F)cc2)cc1)/C(=C/c1ccsc1)NC(=O)c1ccccc1. The van der Waals surface area contributed by atoms with Gasteiger partial charge >= 0.3 is 0 Å². The van der Waals surface area contributed by atoms with Crippen LogP contribution in [0.2, 0.25) is 0 Å². The van der Waals surface area contributed by atoms with Gasteiger partial charge in [-0.2, -0.15) is 11.3 Å². The van der Waals surface area contributed by atoms with Gasteiger partial charge in [-0.1, -0.05) is 18.2 Å². The highest BCUT2D eigenvalue weighted by Crippen LogP contribution is 2.22. The van der Waals surface area contributed by atoms with Crippen LogP contribution >= 0.6 is 23.1 Å². The fraction of sp³-hybridized carbons (Fsp3) is 0.0357. The Bertz CT molecular complexity index is 1370. The van der Waals surface area contributed by atoms with Crippen molar-refractivity contribution >= 4 is 52.5 Å². The van der Waals surface area contributed by atoms with Crippen LogP contribution in [0.1, 0.15) is 26.3 Å². The molecule has 0 spiro atoms. The summed E-state index contributed by atoms with van der Waals surface area (Å²) in [5.74, 6) is -1.13. The first-order valence-corrected chi connectivity index (χ1v) is 12.8. The Morgan fingerprint density at radius 3 is 2.25 bits per heavy atom. The van der Waals surface area contributed by atoms with Crippen molar-refractivity contribution in [1.82, 2.24) is 5.32 Å². The largest absolute Gasteiger partial charge is 0.321 e. The third kappa shape index (κ3) is 7.00. The minimum atomic E-state index is -0.461. The van der Waals surface area contributed by atoms with Gasteiger partial charge in [0.15, 0.2) is 5.78 Å². The van der Waals surface area contributed by atoms with Crippen LogP contribution in [0.3, 0.4) is 0 Å². The Hall–Kier alpha value is -4.01. The third-order valence-corrected chi connectivity index (χ3v) is 6.74. The number of amides is 2. The highest BCUT2D eigenvalue weighted by atomic mass is 32.2. The number of nitrogens with one attached hydrogen (secondary N) is 2. The Kier molecular flexibility index (Phi) is 8.44. The van der Waals surface area contributed by atoms with Crippen LogP contribution < -0.4 is 10.6 Å². The molecular weight excluding hydrogens is 495 g/mol. The van der Waals surface area contributed by atoms with Crippen molar-refractivity contribution in [2.45, 2.75) is 4.90 Å². The third-order valence-electron chi connectivity index (χ3n) is 5.03. The first-order chi connectivity index (χ1) is 17.5. The summed E-state index contributed by atoms with van der Waals surface area (Å²) in [5.41, 5.74) is 2.36. The molecule has 180 valence electrons.